The van der Waals surface area contributed by atoms with Crippen LogP contribution in [0.3, 0.4) is 0 Å². The number of ether oxygens (including phenoxy) is 1. The van der Waals surface area contributed by atoms with Gasteiger partial charge >= 0.3 is 5.97 Å². The van der Waals surface area contributed by atoms with Crippen molar-refractivity contribution < 1.29 is 23.1 Å². The average molecular weight is 333 g/mol. The number of alkyl halides is 1. The highest BCUT2D eigenvalue weighted by molar-refractivity contribution is 6.33. The van der Waals surface area contributed by atoms with Crippen LogP contribution in [0.1, 0.15) is 43.1 Å². The number of hydrogen-bond acceptors (Lipinski definition) is 3. The van der Waals surface area contributed by atoms with Crippen LogP contribution in [0.4, 0.5) is 8.78 Å². The van der Waals surface area contributed by atoms with Gasteiger partial charge in [-0.15, -0.1) is 0 Å². The van der Waals surface area contributed by atoms with E-state index in [1.807, 2.05) is 0 Å². The summed E-state index contributed by atoms with van der Waals surface area (Å²) in [6, 6.07) is 2.80. The molecule has 1 rings (SSSR count). The van der Waals surface area contributed by atoms with Gasteiger partial charge < -0.3 is 4.74 Å². The lowest BCUT2D eigenvalue weighted by atomic mass is 9.86. The summed E-state index contributed by atoms with van der Waals surface area (Å²) in [5, 5.41) is -0.0462. The highest BCUT2D eigenvalue weighted by Crippen LogP contribution is 2.26. The Bertz CT molecular complexity index is 571. The Morgan fingerprint density at radius 1 is 1.32 bits per heavy atom. The first-order chi connectivity index (χ1) is 10.2. The van der Waals surface area contributed by atoms with E-state index in [9.17, 15) is 18.4 Å². The van der Waals surface area contributed by atoms with Crippen LogP contribution in [0.5, 0.6) is 0 Å². The van der Waals surface area contributed by atoms with Crippen molar-refractivity contribution in [2.75, 3.05) is 13.3 Å². The number of carbonyl (C=O) groups excluding carboxylic acids is 2. The largest absolute Gasteiger partial charge is 0.462 e. The fraction of sp³-hybridized carbons (Fsp3) is 0.500. The van der Waals surface area contributed by atoms with Gasteiger partial charge in [0.15, 0.2) is 0 Å². The smallest absolute Gasteiger partial charge is 0.342 e. The molecule has 0 amide bonds. The summed E-state index contributed by atoms with van der Waals surface area (Å²) in [7, 11) is 0. The molecule has 1 aromatic carbocycles. The van der Waals surface area contributed by atoms with E-state index < -0.39 is 23.9 Å². The predicted molar refractivity (Wildman–Crippen MR) is 80.5 cm³/mol. The predicted octanol–water partition coefficient (Wildman–Crippen LogP) is 4.15. The lowest BCUT2D eigenvalue weighted by Crippen LogP contribution is -2.26. The van der Waals surface area contributed by atoms with Gasteiger partial charge in [-0.25, -0.2) is 9.18 Å². The highest BCUT2D eigenvalue weighted by atomic mass is 35.5. The third kappa shape index (κ3) is 4.26. The lowest BCUT2D eigenvalue weighted by molar-refractivity contribution is -0.127. The first kappa shape index (κ1) is 18.6. The fourth-order valence-corrected chi connectivity index (χ4v) is 2.06. The van der Waals surface area contributed by atoms with Gasteiger partial charge in [-0.1, -0.05) is 31.5 Å². The number of Topliss-reactive ketones (excluding diaryl/α,β-unsaturated/α-hetero) is 1. The van der Waals surface area contributed by atoms with Crippen molar-refractivity contribution in [1.82, 2.24) is 0 Å². The van der Waals surface area contributed by atoms with Crippen LogP contribution in [-0.4, -0.2) is 25.0 Å². The Labute approximate surface area is 133 Å². The maximum absolute atomic E-state index is 14.4. The second kappa shape index (κ2) is 7.68. The molecule has 6 heteroatoms. The molecule has 0 fully saturated rings. The van der Waals surface area contributed by atoms with Gasteiger partial charge in [0.25, 0.3) is 0 Å². The van der Waals surface area contributed by atoms with E-state index in [4.69, 9.17) is 16.3 Å². The van der Waals surface area contributed by atoms with Crippen molar-refractivity contribution >= 4 is 23.4 Å². The number of ketones is 1. The van der Waals surface area contributed by atoms with E-state index in [2.05, 4.69) is 0 Å². The summed E-state index contributed by atoms with van der Waals surface area (Å²) in [4.78, 5) is 23.6. The Kier molecular flexibility index (Phi) is 6.48. The first-order valence-corrected chi connectivity index (χ1v) is 7.35. The molecule has 0 aromatic heterocycles. The number of rotatable bonds is 7. The molecule has 0 unspecified atom stereocenters. The van der Waals surface area contributed by atoms with E-state index in [1.165, 1.54) is 26.0 Å². The summed E-state index contributed by atoms with van der Waals surface area (Å²) in [5.41, 5.74) is -1.25. The summed E-state index contributed by atoms with van der Waals surface area (Å²) in [6.45, 7) is 3.92. The minimum absolute atomic E-state index is 0.0161. The Balaban J connectivity index is 2.96. The molecular weight excluding hydrogens is 314 g/mol. The van der Waals surface area contributed by atoms with Crippen molar-refractivity contribution in [3.05, 3.63) is 34.1 Å². The number of aryl methyl sites for hydroxylation is 1. The van der Waals surface area contributed by atoms with Gasteiger partial charge in [-0.2, -0.15) is 0 Å². The lowest BCUT2D eigenvalue weighted by Gasteiger charge is -2.18. The van der Waals surface area contributed by atoms with Crippen LogP contribution in [0.15, 0.2) is 12.1 Å². The normalized spacial score (nSPS) is 11.4. The van der Waals surface area contributed by atoms with E-state index in [0.717, 1.165) is 0 Å². The van der Waals surface area contributed by atoms with Gasteiger partial charge in [0.05, 0.1) is 17.0 Å². The number of hydrogen-bond donors (Lipinski definition) is 0. The van der Waals surface area contributed by atoms with Crippen LogP contribution in [0.25, 0.3) is 0 Å². The summed E-state index contributed by atoms with van der Waals surface area (Å²) in [6.07, 6.45) is 0.0510. The Morgan fingerprint density at radius 2 is 1.95 bits per heavy atom. The van der Waals surface area contributed by atoms with Gasteiger partial charge in [-0.05, 0) is 25.0 Å². The molecule has 0 aliphatic carbocycles. The highest BCUT2D eigenvalue weighted by Gasteiger charge is 2.27. The molecule has 0 saturated carbocycles. The van der Waals surface area contributed by atoms with E-state index >= 15 is 0 Å². The first-order valence-electron chi connectivity index (χ1n) is 6.97. The Morgan fingerprint density at radius 3 is 2.50 bits per heavy atom. The molecule has 1 aromatic rings. The molecule has 0 spiro atoms. The summed E-state index contributed by atoms with van der Waals surface area (Å²) < 4.78 is 31.9. The maximum atomic E-state index is 14.4. The number of esters is 1. The SMILES string of the molecule is CCOC(=O)c1c(Cl)ccc(CCC(=O)C(C)(C)CF)c1F. The van der Waals surface area contributed by atoms with Crippen molar-refractivity contribution in [1.29, 1.82) is 0 Å². The second-order valence-electron chi connectivity index (χ2n) is 5.56. The van der Waals surface area contributed by atoms with Gasteiger partial charge in [0, 0.05) is 6.42 Å². The standard InChI is InChI=1S/C16H19ClF2O3/c1-4-22-15(21)13-11(17)7-5-10(14(13)19)6-8-12(20)16(2,3)9-18/h5,7H,4,6,8-9H2,1-3H3. The van der Waals surface area contributed by atoms with Gasteiger partial charge in [-0.3, -0.25) is 9.18 Å². The summed E-state index contributed by atoms with van der Waals surface area (Å²) >= 11 is 5.83. The molecule has 3 nitrogen and oxygen atoms in total. The molecule has 0 heterocycles. The quantitative estimate of drug-likeness (QED) is 0.704. The van der Waals surface area contributed by atoms with E-state index in [1.54, 1.807) is 6.92 Å². The van der Waals surface area contributed by atoms with Crippen molar-refractivity contribution in [3.8, 4) is 0 Å². The molecule has 22 heavy (non-hydrogen) atoms. The number of carbonyl (C=O) groups is 2. The third-order valence-corrected chi connectivity index (χ3v) is 3.68. The zero-order valence-electron chi connectivity index (χ0n) is 12.8. The minimum atomic E-state index is -1.09. The van der Waals surface area contributed by atoms with Crippen LogP contribution >= 0.6 is 11.6 Å². The molecule has 0 aliphatic rings. The van der Waals surface area contributed by atoms with Crippen molar-refractivity contribution in [2.45, 2.75) is 33.6 Å². The second-order valence-corrected chi connectivity index (χ2v) is 5.96. The zero-order chi connectivity index (χ0) is 16.9. The molecule has 0 N–H and O–H groups in total. The van der Waals surface area contributed by atoms with Gasteiger partial charge in [0.1, 0.15) is 23.8 Å². The zero-order valence-corrected chi connectivity index (χ0v) is 13.6. The van der Waals surface area contributed by atoms with E-state index in [-0.39, 0.29) is 41.4 Å². The topological polar surface area (TPSA) is 43.4 Å². The molecule has 122 valence electrons. The molecule has 0 bridgehead atoms. The van der Waals surface area contributed by atoms with Crippen LogP contribution in [0.2, 0.25) is 5.02 Å². The monoisotopic (exact) mass is 332 g/mol. The summed E-state index contributed by atoms with van der Waals surface area (Å²) in [5.74, 6) is -1.94. The molecule has 0 saturated heterocycles. The Hall–Kier alpha value is -1.49. The van der Waals surface area contributed by atoms with Crippen molar-refractivity contribution in [3.63, 3.8) is 0 Å². The molecule has 0 atom stereocenters. The van der Waals surface area contributed by atoms with Crippen molar-refractivity contribution in [2.24, 2.45) is 5.41 Å². The third-order valence-electron chi connectivity index (χ3n) is 3.36. The molecular formula is C16H19ClF2O3. The van der Waals surface area contributed by atoms with E-state index in [0.29, 0.717) is 0 Å². The molecule has 0 radical (unpaired) electrons. The van der Waals surface area contributed by atoms with Crippen LogP contribution < -0.4 is 0 Å². The molecule has 0 aliphatic heterocycles. The number of benzene rings is 1. The number of halogens is 3. The van der Waals surface area contributed by atoms with Crippen LogP contribution in [-0.2, 0) is 16.0 Å². The fourth-order valence-electron chi connectivity index (χ4n) is 1.84. The minimum Gasteiger partial charge on any atom is -0.462 e. The van der Waals surface area contributed by atoms with Crippen LogP contribution in [0, 0.1) is 11.2 Å². The maximum Gasteiger partial charge on any atom is 0.342 e. The average Bonchev–Trinajstić information content (AvgIpc) is 2.46. The van der Waals surface area contributed by atoms with Gasteiger partial charge in [0.2, 0.25) is 0 Å².